The van der Waals surface area contributed by atoms with E-state index in [-0.39, 0.29) is 17.0 Å². The maximum atomic E-state index is 10.9. The largest absolute Gasteiger partial charge is 0.493 e. The standard InChI is InChI=1S/C11H15NO5/c1-4-9(13)7-5-10(16-2)11(17-3)6-8(7)12(14)15/h5-6,9,13H,4H2,1-3H3. The zero-order valence-electron chi connectivity index (χ0n) is 9.97. The molecular weight excluding hydrogens is 226 g/mol. The van der Waals surface area contributed by atoms with Gasteiger partial charge in [0.25, 0.3) is 5.69 Å². The smallest absolute Gasteiger partial charge is 0.279 e. The van der Waals surface area contributed by atoms with E-state index >= 15 is 0 Å². The van der Waals surface area contributed by atoms with Crippen molar-refractivity contribution >= 4 is 5.69 Å². The van der Waals surface area contributed by atoms with Crippen LogP contribution in [0.2, 0.25) is 0 Å². The van der Waals surface area contributed by atoms with E-state index in [1.165, 1.54) is 26.4 Å². The first-order valence-corrected chi connectivity index (χ1v) is 5.13. The van der Waals surface area contributed by atoms with Crippen LogP contribution in [0.5, 0.6) is 11.5 Å². The lowest BCUT2D eigenvalue weighted by molar-refractivity contribution is -0.386. The molecule has 6 nitrogen and oxygen atoms in total. The first kappa shape index (κ1) is 13.2. The predicted octanol–water partition coefficient (Wildman–Crippen LogP) is 2.06. The van der Waals surface area contributed by atoms with Gasteiger partial charge in [0.1, 0.15) is 0 Å². The van der Waals surface area contributed by atoms with Gasteiger partial charge in [-0.15, -0.1) is 0 Å². The number of nitrogens with zero attached hydrogens (tertiary/aromatic N) is 1. The number of ether oxygens (including phenoxy) is 2. The number of hydrogen-bond acceptors (Lipinski definition) is 5. The zero-order valence-corrected chi connectivity index (χ0v) is 9.97. The van der Waals surface area contributed by atoms with Gasteiger partial charge in [0, 0.05) is 0 Å². The highest BCUT2D eigenvalue weighted by atomic mass is 16.6. The van der Waals surface area contributed by atoms with Crippen LogP contribution in [0.25, 0.3) is 0 Å². The van der Waals surface area contributed by atoms with Gasteiger partial charge in [-0.1, -0.05) is 6.92 Å². The van der Waals surface area contributed by atoms with Crippen molar-refractivity contribution in [2.75, 3.05) is 14.2 Å². The van der Waals surface area contributed by atoms with Crippen LogP contribution in [0.15, 0.2) is 12.1 Å². The fourth-order valence-electron chi connectivity index (χ4n) is 1.53. The van der Waals surface area contributed by atoms with Crippen LogP contribution in [0.1, 0.15) is 25.0 Å². The number of nitro benzene ring substituents is 1. The molecule has 0 spiro atoms. The molecule has 17 heavy (non-hydrogen) atoms. The lowest BCUT2D eigenvalue weighted by Crippen LogP contribution is -2.03. The SMILES string of the molecule is CCC(O)c1cc(OC)c(OC)cc1[N+](=O)[O-]. The van der Waals surface area contributed by atoms with E-state index in [1.807, 2.05) is 0 Å². The minimum absolute atomic E-state index is 0.169. The second-order valence-electron chi connectivity index (χ2n) is 3.45. The Hall–Kier alpha value is -1.82. The molecule has 94 valence electrons. The molecule has 0 aliphatic carbocycles. The highest BCUT2D eigenvalue weighted by Gasteiger charge is 2.23. The van der Waals surface area contributed by atoms with E-state index in [4.69, 9.17) is 9.47 Å². The fourth-order valence-corrected chi connectivity index (χ4v) is 1.53. The number of nitro groups is 1. The maximum Gasteiger partial charge on any atom is 0.279 e. The van der Waals surface area contributed by atoms with E-state index in [9.17, 15) is 15.2 Å². The molecule has 1 aromatic carbocycles. The Bertz CT molecular complexity index is 419. The quantitative estimate of drug-likeness (QED) is 0.630. The van der Waals surface area contributed by atoms with Gasteiger partial charge in [0.05, 0.1) is 36.9 Å². The predicted molar refractivity (Wildman–Crippen MR) is 61.5 cm³/mol. The number of aliphatic hydroxyl groups excluding tert-OH is 1. The molecule has 0 bridgehead atoms. The fraction of sp³-hybridized carbons (Fsp3) is 0.455. The monoisotopic (exact) mass is 241 g/mol. The molecule has 1 rings (SSSR count). The lowest BCUT2D eigenvalue weighted by Gasteiger charge is -2.13. The summed E-state index contributed by atoms with van der Waals surface area (Å²) in [6, 6.07) is 2.69. The summed E-state index contributed by atoms with van der Waals surface area (Å²) in [5, 5.41) is 20.6. The van der Waals surface area contributed by atoms with Gasteiger partial charge < -0.3 is 14.6 Å². The summed E-state index contributed by atoms with van der Waals surface area (Å²) in [6.07, 6.45) is -0.508. The van der Waals surface area contributed by atoms with Crippen molar-refractivity contribution in [3.63, 3.8) is 0 Å². The van der Waals surface area contributed by atoms with E-state index in [2.05, 4.69) is 0 Å². The number of methoxy groups -OCH3 is 2. The van der Waals surface area contributed by atoms with Crippen LogP contribution in [0, 0.1) is 10.1 Å². The molecule has 0 radical (unpaired) electrons. The summed E-state index contributed by atoms with van der Waals surface area (Å²) < 4.78 is 10.0. The van der Waals surface area contributed by atoms with Crippen LogP contribution in [0.3, 0.4) is 0 Å². The third-order valence-electron chi connectivity index (χ3n) is 2.48. The molecule has 0 aromatic heterocycles. The summed E-state index contributed by atoms with van der Waals surface area (Å²) in [5.74, 6) is 0.631. The van der Waals surface area contributed by atoms with Crippen LogP contribution >= 0.6 is 0 Å². The first-order chi connectivity index (χ1) is 8.04. The molecule has 0 aliphatic rings. The zero-order chi connectivity index (χ0) is 13.0. The van der Waals surface area contributed by atoms with Crippen LogP contribution in [-0.4, -0.2) is 24.2 Å². The topological polar surface area (TPSA) is 81.8 Å². The molecule has 0 aliphatic heterocycles. The van der Waals surface area contributed by atoms with Gasteiger partial charge in [-0.25, -0.2) is 0 Å². The Morgan fingerprint density at radius 2 is 1.88 bits per heavy atom. The van der Waals surface area contributed by atoms with E-state index in [0.29, 0.717) is 12.2 Å². The average molecular weight is 241 g/mol. The Balaban J connectivity index is 3.40. The molecule has 1 unspecified atom stereocenters. The Labute approximate surface area is 98.9 Å². The summed E-state index contributed by atoms with van der Waals surface area (Å²) in [7, 11) is 2.84. The minimum Gasteiger partial charge on any atom is -0.493 e. The summed E-state index contributed by atoms with van der Waals surface area (Å²) in [5.41, 5.74) is 0.0622. The van der Waals surface area contributed by atoms with Crippen molar-refractivity contribution in [3.8, 4) is 11.5 Å². The van der Waals surface area contributed by atoms with Crippen molar-refractivity contribution in [1.82, 2.24) is 0 Å². The Kier molecular flexibility index (Phi) is 4.28. The van der Waals surface area contributed by atoms with Crippen LogP contribution in [0.4, 0.5) is 5.69 Å². The van der Waals surface area contributed by atoms with Crippen molar-refractivity contribution in [1.29, 1.82) is 0 Å². The molecule has 0 fully saturated rings. The third kappa shape index (κ3) is 2.65. The Morgan fingerprint density at radius 1 is 1.35 bits per heavy atom. The number of benzene rings is 1. The normalized spacial score (nSPS) is 12.0. The van der Waals surface area contributed by atoms with Gasteiger partial charge >= 0.3 is 0 Å². The molecule has 6 heteroatoms. The molecule has 0 heterocycles. The van der Waals surface area contributed by atoms with E-state index in [0.717, 1.165) is 0 Å². The number of aliphatic hydroxyl groups is 1. The molecule has 1 N–H and O–H groups in total. The molecule has 0 saturated heterocycles. The Morgan fingerprint density at radius 3 is 2.29 bits per heavy atom. The average Bonchev–Trinajstić information content (AvgIpc) is 2.35. The number of hydrogen-bond donors (Lipinski definition) is 1. The van der Waals surface area contributed by atoms with Gasteiger partial charge in [-0.2, -0.15) is 0 Å². The van der Waals surface area contributed by atoms with Crippen molar-refractivity contribution in [2.24, 2.45) is 0 Å². The molecule has 0 saturated carbocycles. The second kappa shape index (κ2) is 5.49. The summed E-state index contributed by atoms with van der Waals surface area (Å²) in [4.78, 5) is 10.4. The molecule has 1 atom stereocenters. The van der Waals surface area contributed by atoms with Crippen molar-refractivity contribution in [3.05, 3.63) is 27.8 Å². The molecule has 1 aromatic rings. The molecular formula is C11H15NO5. The van der Waals surface area contributed by atoms with Crippen molar-refractivity contribution in [2.45, 2.75) is 19.4 Å². The minimum atomic E-state index is -0.893. The summed E-state index contributed by atoms with van der Waals surface area (Å²) >= 11 is 0. The van der Waals surface area contributed by atoms with Crippen molar-refractivity contribution < 1.29 is 19.5 Å². The lowest BCUT2D eigenvalue weighted by atomic mass is 10.0. The van der Waals surface area contributed by atoms with Gasteiger partial charge in [0.15, 0.2) is 11.5 Å². The first-order valence-electron chi connectivity index (χ1n) is 5.13. The van der Waals surface area contributed by atoms with Gasteiger partial charge in [0.2, 0.25) is 0 Å². The highest BCUT2D eigenvalue weighted by molar-refractivity contribution is 5.55. The van der Waals surface area contributed by atoms with E-state index in [1.54, 1.807) is 6.92 Å². The number of rotatable bonds is 5. The highest BCUT2D eigenvalue weighted by Crippen LogP contribution is 2.37. The maximum absolute atomic E-state index is 10.9. The third-order valence-corrected chi connectivity index (χ3v) is 2.48. The second-order valence-corrected chi connectivity index (χ2v) is 3.45. The van der Waals surface area contributed by atoms with Crippen LogP contribution in [-0.2, 0) is 0 Å². The molecule has 0 amide bonds. The summed E-state index contributed by atoms with van der Waals surface area (Å²) in [6.45, 7) is 1.74. The van der Waals surface area contributed by atoms with Gasteiger partial charge in [-0.3, -0.25) is 10.1 Å². The van der Waals surface area contributed by atoms with E-state index < -0.39 is 11.0 Å². The van der Waals surface area contributed by atoms with Gasteiger partial charge in [-0.05, 0) is 12.5 Å². The van der Waals surface area contributed by atoms with Crippen LogP contribution < -0.4 is 9.47 Å².